The molecule has 0 bridgehead atoms. The normalized spacial score (nSPS) is 16.6. The molecular weight excluding hydrogens is 428 g/mol. The summed E-state index contributed by atoms with van der Waals surface area (Å²) in [5.74, 6) is 1.73. The molecule has 0 unspecified atom stereocenters. The molecule has 8 nitrogen and oxygen atoms in total. The van der Waals surface area contributed by atoms with E-state index in [4.69, 9.17) is 19.6 Å². The molecule has 2 aliphatic rings. The first-order valence-corrected chi connectivity index (χ1v) is 10.9. The van der Waals surface area contributed by atoms with Crippen LogP contribution in [-0.2, 0) is 4.79 Å². The Morgan fingerprint density at radius 3 is 2.50 bits per heavy atom. The summed E-state index contributed by atoms with van der Waals surface area (Å²) in [6.07, 6.45) is 2.37. The van der Waals surface area contributed by atoms with Crippen molar-refractivity contribution >= 4 is 39.8 Å². The van der Waals surface area contributed by atoms with E-state index >= 15 is 0 Å². The summed E-state index contributed by atoms with van der Waals surface area (Å²) >= 11 is 1.33. The minimum Gasteiger partial charge on any atom is -0.497 e. The monoisotopic (exact) mass is 450 g/mol. The molecule has 0 aromatic heterocycles. The second-order valence-corrected chi connectivity index (χ2v) is 7.85. The molecule has 32 heavy (non-hydrogen) atoms. The quantitative estimate of drug-likeness (QED) is 0.479. The van der Waals surface area contributed by atoms with Gasteiger partial charge in [0.2, 0.25) is 5.17 Å². The van der Waals surface area contributed by atoms with Crippen molar-refractivity contribution in [3.63, 3.8) is 0 Å². The Balaban J connectivity index is 1.34. The van der Waals surface area contributed by atoms with Crippen molar-refractivity contribution in [3.8, 4) is 17.2 Å². The van der Waals surface area contributed by atoms with Crippen LogP contribution in [0, 0.1) is 5.41 Å². The van der Waals surface area contributed by atoms with Gasteiger partial charge in [-0.2, -0.15) is 15.1 Å². The maximum absolute atomic E-state index is 12.4. The molecule has 0 fully saturated rings. The van der Waals surface area contributed by atoms with Crippen LogP contribution in [0.5, 0.6) is 17.2 Å². The van der Waals surface area contributed by atoms with Crippen LogP contribution in [0.1, 0.15) is 18.9 Å². The van der Waals surface area contributed by atoms with Crippen molar-refractivity contribution in [1.82, 2.24) is 5.01 Å². The van der Waals surface area contributed by atoms with E-state index < -0.39 is 5.91 Å². The average molecular weight is 451 g/mol. The lowest BCUT2D eigenvalue weighted by atomic mass is 10.1. The Labute approximate surface area is 190 Å². The van der Waals surface area contributed by atoms with Gasteiger partial charge in [0, 0.05) is 6.07 Å². The summed E-state index contributed by atoms with van der Waals surface area (Å²) in [6, 6.07) is 14.7. The van der Waals surface area contributed by atoms with E-state index in [9.17, 15) is 4.79 Å². The van der Waals surface area contributed by atoms with Gasteiger partial charge in [-0.1, -0.05) is 25.1 Å². The van der Waals surface area contributed by atoms with E-state index in [-0.39, 0.29) is 11.4 Å². The van der Waals surface area contributed by atoms with E-state index in [0.717, 1.165) is 22.8 Å². The highest BCUT2D eigenvalue weighted by Gasteiger charge is 2.34. The van der Waals surface area contributed by atoms with Gasteiger partial charge in [0.25, 0.3) is 5.91 Å². The van der Waals surface area contributed by atoms with Crippen LogP contribution in [0.15, 0.2) is 64.2 Å². The molecule has 9 heteroatoms. The number of carbonyl (C=O) groups is 1. The average Bonchev–Trinajstić information content (AvgIpc) is 3.24. The largest absolute Gasteiger partial charge is 0.497 e. The molecule has 1 N–H and O–H groups in total. The molecule has 0 aliphatic carbocycles. The van der Waals surface area contributed by atoms with Crippen molar-refractivity contribution in [2.24, 2.45) is 10.1 Å². The maximum Gasteiger partial charge on any atom is 0.283 e. The van der Waals surface area contributed by atoms with Crippen LogP contribution in [0.2, 0.25) is 0 Å². The molecule has 0 saturated heterocycles. The Bertz CT molecular complexity index is 1130. The van der Waals surface area contributed by atoms with Gasteiger partial charge in [-0.3, -0.25) is 10.2 Å². The molecule has 0 radical (unpaired) electrons. The Hall–Kier alpha value is -3.59. The van der Waals surface area contributed by atoms with E-state index in [2.05, 4.69) is 10.1 Å². The van der Waals surface area contributed by atoms with Gasteiger partial charge in [0.15, 0.2) is 5.84 Å². The Morgan fingerprint density at radius 1 is 1.06 bits per heavy atom. The van der Waals surface area contributed by atoms with Crippen molar-refractivity contribution in [1.29, 1.82) is 5.41 Å². The molecule has 2 aliphatic heterocycles. The van der Waals surface area contributed by atoms with Gasteiger partial charge in [-0.15, -0.1) is 0 Å². The van der Waals surface area contributed by atoms with Crippen LogP contribution in [0.25, 0.3) is 6.08 Å². The number of hydrogen-bond acceptors (Lipinski definition) is 7. The molecule has 2 heterocycles. The summed E-state index contributed by atoms with van der Waals surface area (Å²) in [5, 5.41) is 15.4. The zero-order valence-electron chi connectivity index (χ0n) is 17.7. The first-order valence-electron chi connectivity index (χ1n) is 10.1. The standard InChI is InChI=1S/C23H22N4O4S/c1-3-20-26-27-21(24)19(22(28)25-23(27)32-20)13-15-7-9-16(10-8-15)30-11-12-31-18-6-4-5-17(14-18)29-2/h4-10,13-14,24H,3,11-12H2,1-2H3/b19-13-,24-21?. The zero-order chi connectivity index (χ0) is 22.5. The summed E-state index contributed by atoms with van der Waals surface area (Å²) in [6.45, 7) is 2.74. The van der Waals surface area contributed by atoms with Crippen LogP contribution >= 0.6 is 11.8 Å². The minimum atomic E-state index is -0.434. The number of amides is 1. The predicted molar refractivity (Wildman–Crippen MR) is 126 cm³/mol. The third-order valence-electron chi connectivity index (χ3n) is 4.65. The van der Waals surface area contributed by atoms with Gasteiger partial charge >= 0.3 is 0 Å². The van der Waals surface area contributed by atoms with Gasteiger partial charge in [-0.05, 0) is 54.1 Å². The number of aliphatic imine (C=N–C) groups is 1. The number of amidine groups is 2. The fourth-order valence-electron chi connectivity index (χ4n) is 3.01. The Kier molecular flexibility index (Phi) is 6.55. The third kappa shape index (κ3) is 4.83. The summed E-state index contributed by atoms with van der Waals surface area (Å²) < 4.78 is 16.6. The van der Waals surface area contributed by atoms with E-state index in [1.807, 2.05) is 55.5 Å². The summed E-state index contributed by atoms with van der Waals surface area (Å²) in [4.78, 5) is 16.5. The number of hydrazone groups is 1. The number of methoxy groups -OCH3 is 1. The molecular formula is C23H22N4O4S. The SMILES string of the molecule is CCC1=NN2C(=N)/C(=C/c3ccc(OCCOc4cccc(OC)c4)cc3)C(=O)N=C2S1. The lowest BCUT2D eigenvalue weighted by Gasteiger charge is -2.20. The third-order valence-corrected chi connectivity index (χ3v) is 5.70. The topological polar surface area (TPSA) is 96.6 Å². The van der Waals surface area contributed by atoms with E-state index in [0.29, 0.717) is 29.9 Å². The predicted octanol–water partition coefficient (Wildman–Crippen LogP) is 4.18. The van der Waals surface area contributed by atoms with Crippen molar-refractivity contribution in [2.75, 3.05) is 20.3 Å². The highest BCUT2D eigenvalue weighted by Crippen LogP contribution is 2.29. The van der Waals surface area contributed by atoms with Crippen molar-refractivity contribution < 1.29 is 19.0 Å². The molecule has 1 amide bonds. The lowest BCUT2D eigenvalue weighted by Crippen LogP contribution is -2.35. The van der Waals surface area contributed by atoms with Crippen molar-refractivity contribution in [3.05, 3.63) is 59.7 Å². The number of thioether (sulfide) groups is 1. The summed E-state index contributed by atoms with van der Waals surface area (Å²) in [7, 11) is 1.61. The highest BCUT2D eigenvalue weighted by molar-refractivity contribution is 8.26. The zero-order valence-corrected chi connectivity index (χ0v) is 18.5. The fraction of sp³-hybridized carbons (Fsp3) is 0.217. The molecule has 164 valence electrons. The van der Waals surface area contributed by atoms with E-state index in [1.54, 1.807) is 13.2 Å². The van der Waals surface area contributed by atoms with Gasteiger partial charge in [0.1, 0.15) is 35.5 Å². The molecule has 4 rings (SSSR count). The first-order chi connectivity index (χ1) is 15.6. The van der Waals surface area contributed by atoms with Gasteiger partial charge in [0.05, 0.1) is 12.7 Å². The van der Waals surface area contributed by atoms with Crippen LogP contribution in [-0.4, -0.2) is 47.3 Å². The molecule has 2 aromatic rings. The molecule has 2 aromatic carbocycles. The number of carbonyl (C=O) groups excluding carboxylic acids is 1. The summed E-state index contributed by atoms with van der Waals surface area (Å²) in [5.41, 5.74) is 0.971. The number of fused-ring (bicyclic) bond motifs is 1. The highest BCUT2D eigenvalue weighted by atomic mass is 32.2. The lowest BCUT2D eigenvalue weighted by molar-refractivity contribution is -0.114. The molecule has 0 atom stereocenters. The number of benzene rings is 2. The van der Waals surface area contributed by atoms with Crippen LogP contribution in [0.4, 0.5) is 0 Å². The second-order valence-electron chi connectivity index (χ2n) is 6.81. The number of nitrogens with one attached hydrogen (secondary N) is 1. The maximum atomic E-state index is 12.4. The molecule has 0 saturated carbocycles. The van der Waals surface area contributed by atoms with Crippen molar-refractivity contribution in [2.45, 2.75) is 13.3 Å². The second kappa shape index (κ2) is 9.69. The van der Waals surface area contributed by atoms with Gasteiger partial charge in [-0.25, -0.2) is 0 Å². The minimum absolute atomic E-state index is 0.0333. The number of rotatable bonds is 8. The number of ether oxygens (including phenoxy) is 3. The fourth-order valence-corrected chi connectivity index (χ4v) is 3.84. The van der Waals surface area contributed by atoms with Crippen LogP contribution in [0.3, 0.4) is 0 Å². The Morgan fingerprint density at radius 2 is 1.78 bits per heavy atom. The van der Waals surface area contributed by atoms with Crippen LogP contribution < -0.4 is 14.2 Å². The first kappa shape index (κ1) is 21.6. The number of hydrogen-bond donors (Lipinski definition) is 1. The molecule has 0 spiro atoms. The van der Waals surface area contributed by atoms with Gasteiger partial charge < -0.3 is 14.2 Å². The number of nitrogens with zero attached hydrogens (tertiary/aromatic N) is 3. The van der Waals surface area contributed by atoms with E-state index in [1.165, 1.54) is 16.8 Å². The smallest absolute Gasteiger partial charge is 0.283 e.